The van der Waals surface area contributed by atoms with E-state index in [4.69, 9.17) is 4.42 Å². The third kappa shape index (κ3) is 2.76. The maximum Gasteiger partial charge on any atom is 0.165 e. The van der Waals surface area contributed by atoms with Gasteiger partial charge in [0.2, 0.25) is 0 Å². The SMILES string of the molecule is c1coc(CNc2ncnc3c2ncn3Cc2ccncc2)c1. The van der Waals surface area contributed by atoms with Crippen molar-refractivity contribution in [2.24, 2.45) is 0 Å². The molecule has 0 bridgehead atoms. The van der Waals surface area contributed by atoms with Gasteiger partial charge in [-0.25, -0.2) is 15.0 Å². The molecular weight excluding hydrogens is 292 g/mol. The number of hydrogen-bond acceptors (Lipinski definition) is 6. The van der Waals surface area contributed by atoms with Crippen molar-refractivity contribution in [2.45, 2.75) is 13.1 Å². The number of rotatable bonds is 5. The number of hydrogen-bond donors (Lipinski definition) is 1. The largest absolute Gasteiger partial charge is 0.467 e. The lowest BCUT2D eigenvalue weighted by Gasteiger charge is -2.05. The minimum absolute atomic E-state index is 0.552. The highest BCUT2D eigenvalue weighted by Crippen LogP contribution is 2.19. The van der Waals surface area contributed by atoms with Crippen LogP contribution in [0.3, 0.4) is 0 Å². The lowest BCUT2D eigenvalue weighted by atomic mass is 10.3. The lowest BCUT2D eigenvalue weighted by Crippen LogP contribution is -2.03. The van der Waals surface area contributed by atoms with Crippen molar-refractivity contribution in [3.8, 4) is 0 Å². The predicted molar refractivity (Wildman–Crippen MR) is 84.7 cm³/mol. The van der Waals surface area contributed by atoms with Crippen molar-refractivity contribution in [2.75, 3.05) is 5.32 Å². The van der Waals surface area contributed by atoms with Gasteiger partial charge >= 0.3 is 0 Å². The molecule has 0 unspecified atom stereocenters. The van der Waals surface area contributed by atoms with E-state index in [2.05, 4.69) is 25.3 Å². The minimum atomic E-state index is 0.552. The minimum Gasteiger partial charge on any atom is -0.467 e. The van der Waals surface area contributed by atoms with Crippen LogP contribution >= 0.6 is 0 Å². The first-order valence-electron chi connectivity index (χ1n) is 7.21. The van der Waals surface area contributed by atoms with E-state index in [1.54, 1.807) is 25.0 Å². The van der Waals surface area contributed by atoms with E-state index < -0.39 is 0 Å². The number of aromatic nitrogens is 5. The number of anilines is 1. The second kappa shape index (κ2) is 5.88. The molecule has 7 nitrogen and oxygen atoms in total. The van der Waals surface area contributed by atoms with Gasteiger partial charge in [-0.15, -0.1) is 0 Å². The second-order valence-electron chi connectivity index (χ2n) is 5.06. The Morgan fingerprint density at radius 1 is 1.09 bits per heavy atom. The molecule has 0 aliphatic heterocycles. The van der Waals surface area contributed by atoms with E-state index in [-0.39, 0.29) is 0 Å². The smallest absolute Gasteiger partial charge is 0.165 e. The normalized spacial score (nSPS) is 11.0. The van der Waals surface area contributed by atoms with E-state index >= 15 is 0 Å². The molecule has 1 N–H and O–H groups in total. The number of pyridine rings is 1. The summed E-state index contributed by atoms with van der Waals surface area (Å²) in [5.74, 6) is 1.54. The summed E-state index contributed by atoms with van der Waals surface area (Å²) in [6.07, 6.45) is 8.52. The van der Waals surface area contributed by atoms with Gasteiger partial charge < -0.3 is 14.3 Å². The fraction of sp³-hybridized carbons (Fsp3) is 0.125. The molecule has 4 aromatic rings. The van der Waals surface area contributed by atoms with Crippen molar-refractivity contribution in [3.63, 3.8) is 0 Å². The van der Waals surface area contributed by atoms with Crippen molar-refractivity contribution in [3.05, 3.63) is 66.9 Å². The highest BCUT2D eigenvalue weighted by atomic mass is 16.3. The number of fused-ring (bicyclic) bond motifs is 1. The van der Waals surface area contributed by atoms with Gasteiger partial charge in [0, 0.05) is 12.4 Å². The summed E-state index contributed by atoms with van der Waals surface area (Å²) in [5, 5.41) is 3.24. The summed E-state index contributed by atoms with van der Waals surface area (Å²) in [6, 6.07) is 7.72. The Morgan fingerprint density at radius 2 is 2.00 bits per heavy atom. The first kappa shape index (κ1) is 13.4. The van der Waals surface area contributed by atoms with Crippen molar-refractivity contribution in [1.82, 2.24) is 24.5 Å². The van der Waals surface area contributed by atoms with Crippen LogP contribution in [-0.2, 0) is 13.1 Å². The van der Waals surface area contributed by atoms with Gasteiger partial charge in [-0.3, -0.25) is 4.98 Å². The van der Waals surface area contributed by atoms with Crippen LogP contribution in [0.1, 0.15) is 11.3 Å². The highest BCUT2D eigenvalue weighted by molar-refractivity contribution is 5.82. The topological polar surface area (TPSA) is 81.7 Å². The first-order chi connectivity index (χ1) is 11.4. The van der Waals surface area contributed by atoms with Crippen LogP contribution < -0.4 is 5.32 Å². The van der Waals surface area contributed by atoms with Gasteiger partial charge in [-0.2, -0.15) is 0 Å². The molecule has 7 heteroatoms. The fourth-order valence-corrected chi connectivity index (χ4v) is 2.39. The molecule has 0 amide bonds. The molecular formula is C16H14N6O. The van der Waals surface area contributed by atoms with Crippen LogP contribution in [0.4, 0.5) is 5.82 Å². The summed E-state index contributed by atoms with van der Waals surface area (Å²) in [6.45, 7) is 1.24. The molecule has 0 saturated heterocycles. The van der Waals surface area contributed by atoms with Crippen molar-refractivity contribution >= 4 is 17.0 Å². The van der Waals surface area contributed by atoms with Crippen LogP contribution in [-0.4, -0.2) is 24.5 Å². The molecule has 0 aliphatic carbocycles. The van der Waals surface area contributed by atoms with E-state index in [9.17, 15) is 0 Å². The van der Waals surface area contributed by atoms with E-state index in [1.165, 1.54) is 6.33 Å². The Hall–Kier alpha value is -3.22. The molecule has 0 aliphatic rings. The van der Waals surface area contributed by atoms with Gasteiger partial charge in [0.25, 0.3) is 0 Å². The van der Waals surface area contributed by atoms with Crippen molar-refractivity contribution < 1.29 is 4.42 Å². The molecule has 0 fully saturated rings. The van der Waals surface area contributed by atoms with Crippen LogP contribution in [0.5, 0.6) is 0 Å². The van der Waals surface area contributed by atoms with E-state index in [1.807, 2.05) is 28.8 Å². The second-order valence-corrected chi connectivity index (χ2v) is 5.06. The maximum absolute atomic E-state index is 5.31. The van der Waals surface area contributed by atoms with Crippen LogP contribution in [0.15, 0.2) is 60.0 Å². The average Bonchev–Trinajstić information content (AvgIpc) is 3.24. The van der Waals surface area contributed by atoms with Crippen molar-refractivity contribution in [1.29, 1.82) is 0 Å². The molecule has 0 aromatic carbocycles. The quantitative estimate of drug-likeness (QED) is 0.610. The lowest BCUT2D eigenvalue weighted by molar-refractivity contribution is 0.518. The number of imidazole rings is 1. The Kier molecular flexibility index (Phi) is 3.44. The monoisotopic (exact) mass is 306 g/mol. The Morgan fingerprint density at radius 3 is 2.83 bits per heavy atom. The summed E-state index contributed by atoms with van der Waals surface area (Å²) in [4.78, 5) is 17.1. The molecule has 0 saturated carbocycles. The van der Waals surface area contributed by atoms with Gasteiger partial charge in [-0.05, 0) is 29.8 Å². The average molecular weight is 306 g/mol. The molecule has 4 rings (SSSR count). The molecule has 0 spiro atoms. The molecule has 4 aromatic heterocycles. The zero-order chi connectivity index (χ0) is 15.5. The third-order valence-electron chi connectivity index (χ3n) is 3.51. The van der Waals surface area contributed by atoms with Gasteiger partial charge in [0.15, 0.2) is 11.5 Å². The van der Waals surface area contributed by atoms with E-state index in [0.717, 1.165) is 22.5 Å². The molecule has 0 atom stereocenters. The Bertz CT molecular complexity index is 901. The maximum atomic E-state index is 5.31. The van der Waals surface area contributed by atoms with Gasteiger partial charge in [0.05, 0.1) is 25.7 Å². The number of nitrogens with one attached hydrogen (secondary N) is 1. The molecule has 4 heterocycles. The molecule has 23 heavy (non-hydrogen) atoms. The van der Waals surface area contributed by atoms with Gasteiger partial charge in [0.1, 0.15) is 17.6 Å². The summed E-state index contributed by atoms with van der Waals surface area (Å²) in [7, 11) is 0. The van der Waals surface area contributed by atoms with Crippen LogP contribution in [0, 0.1) is 0 Å². The standard InChI is InChI=1S/C16H14N6O/c1-2-13(23-7-1)8-18-15-14-16(20-10-19-15)22(11-21-14)9-12-3-5-17-6-4-12/h1-7,10-11H,8-9H2,(H,18,19,20). The third-order valence-corrected chi connectivity index (χ3v) is 3.51. The fourth-order valence-electron chi connectivity index (χ4n) is 2.39. The summed E-state index contributed by atoms with van der Waals surface area (Å²) < 4.78 is 7.30. The summed E-state index contributed by atoms with van der Waals surface area (Å²) in [5.41, 5.74) is 2.68. The Balaban J connectivity index is 1.61. The zero-order valence-corrected chi connectivity index (χ0v) is 12.3. The van der Waals surface area contributed by atoms with E-state index in [0.29, 0.717) is 18.9 Å². The van der Waals surface area contributed by atoms with Gasteiger partial charge in [-0.1, -0.05) is 0 Å². The van der Waals surface area contributed by atoms with Crippen LogP contribution in [0.25, 0.3) is 11.2 Å². The molecule has 114 valence electrons. The highest BCUT2D eigenvalue weighted by Gasteiger charge is 2.10. The first-order valence-corrected chi connectivity index (χ1v) is 7.21. The summed E-state index contributed by atoms with van der Waals surface area (Å²) >= 11 is 0. The zero-order valence-electron chi connectivity index (χ0n) is 12.3. The number of nitrogens with zero attached hydrogens (tertiary/aromatic N) is 5. The number of furan rings is 1. The molecule has 0 radical (unpaired) electrons. The Labute approximate surface area is 132 Å². The predicted octanol–water partition coefficient (Wildman–Crippen LogP) is 2.47. The van der Waals surface area contributed by atoms with Crippen LogP contribution in [0.2, 0.25) is 0 Å².